The first-order valence-corrected chi connectivity index (χ1v) is 9.57. The van der Waals surface area contributed by atoms with E-state index in [0.717, 1.165) is 44.9 Å². The van der Waals surface area contributed by atoms with E-state index < -0.39 is 0 Å². The molecule has 1 heterocycles. The predicted molar refractivity (Wildman–Crippen MR) is 109 cm³/mol. The highest BCUT2D eigenvalue weighted by molar-refractivity contribution is 5.72. The van der Waals surface area contributed by atoms with Gasteiger partial charge in [-0.05, 0) is 29.7 Å². The molecule has 0 spiro atoms. The molecule has 0 unspecified atom stereocenters. The van der Waals surface area contributed by atoms with Crippen molar-refractivity contribution in [2.24, 2.45) is 0 Å². The topological polar surface area (TPSA) is 44.8 Å². The maximum absolute atomic E-state index is 10.9. The summed E-state index contributed by atoms with van der Waals surface area (Å²) in [7, 11) is 1.71. The van der Waals surface area contributed by atoms with Gasteiger partial charge in [0, 0.05) is 57.9 Å². The third kappa shape index (κ3) is 5.73. The molecule has 2 aromatic carbocycles. The van der Waals surface area contributed by atoms with E-state index >= 15 is 0 Å². The van der Waals surface area contributed by atoms with E-state index in [0.29, 0.717) is 6.54 Å². The zero-order valence-corrected chi connectivity index (χ0v) is 16.3. The Hall–Kier alpha value is -2.53. The van der Waals surface area contributed by atoms with Gasteiger partial charge in [0.05, 0.1) is 7.11 Å². The maximum atomic E-state index is 10.9. The van der Waals surface area contributed by atoms with Crippen molar-refractivity contribution >= 4 is 11.6 Å². The van der Waals surface area contributed by atoms with Crippen molar-refractivity contribution < 1.29 is 9.53 Å². The molecule has 1 fully saturated rings. The first-order chi connectivity index (χ1) is 13.1. The van der Waals surface area contributed by atoms with E-state index in [4.69, 9.17) is 4.74 Å². The minimum atomic E-state index is 0.0275. The Morgan fingerprint density at radius 2 is 1.74 bits per heavy atom. The highest BCUT2D eigenvalue weighted by atomic mass is 16.5. The molecule has 1 aliphatic heterocycles. The van der Waals surface area contributed by atoms with Gasteiger partial charge in [-0.1, -0.05) is 30.3 Å². The van der Waals surface area contributed by atoms with Crippen LogP contribution in [0.4, 0.5) is 5.69 Å². The van der Waals surface area contributed by atoms with Crippen LogP contribution < -0.4 is 15.0 Å². The molecule has 0 aliphatic carbocycles. The van der Waals surface area contributed by atoms with Crippen LogP contribution in [0.3, 0.4) is 0 Å². The molecule has 1 N–H and O–H groups in total. The summed E-state index contributed by atoms with van der Waals surface area (Å²) in [6.07, 6.45) is 0.874. The number of ether oxygens (including phenoxy) is 1. The van der Waals surface area contributed by atoms with Gasteiger partial charge in [0.15, 0.2) is 0 Å². The number of piperazine rings is 1. The van der Waals surface area contributed by atoms with Gasteiger partial charge in [-0.3, -0.25) is 9.69 Å². The molecule has 0 bridgehead atoms. The lowest BCUT2D eigenvalue weighted by molar-refractivity contribution is -0.118. The van der Waals surface area contributed by atoms with Crippen LogP contribution in [0.2, 0.25) is 0 Å². The number of benzene rings is 2. The number of rotatable bonds is 7. The van der Waals surface area contributed by atoms with Crippen molar-refractivity contribution in [3.8, 4) is 5.75 Å². The monoisotopic (exact) mass is 367 g/mol. The van der Waals surface area contributed by atoms with Crippen LogP contribution >= 0.6 is 0 Å². The second kappa shape index (κ2) is 9.42. The number of nitrogens with zero attached hydrogens (tertiary/aromatic N) is 2. The van der Waals surface area contributed by atoms with Crippen LogP contribution in [0, 0.1) is 0 Å². The van der Waals surface area contributed by atoms with Crippen LogP contribution in [-0.2, 0) is 17.8 Å². The van der Waals surface area contributed by atoms with Crippen LogP contribution in [-0.4, -0.2) is 50.6 Å². The zero-order valence-electron chi connectivity index (χ0n) is 16.3. The molecule has 0 atom stereocenters. The number of hydrogen-bond donors (Lipinski definition) is 1. The summed E-state index contributed by atoms with van der Waals surface area (Å²) in [5.74, 6) is 0.938. The maximum Gasteiger partial charge on any atom is 0.216 e. The quantitative estimate of drug-likeness (QED) is 0.817. The van der Waals surface area contributed by atoms with Crippen LogP contribution in [0.15, 0.2) is 48.5 Å². The second-order valence-corrected chi connectivity index (χ2v) is 7.01. The van der Waals surface area contributed by atoms with E-state index in [1.807, 2.05) is 12.1 Å². The van der Waals surface area contributed by atoms with E-state index in [2.05, 4.69) is 51.5 Å². The highest BCUT2D eigenvalue weighted by Gasteiger charge is 2.17. The Balaban J connectivity index is 1.46. The van der Waals surface area contributed by atoms with Gasteiger partial charge in [-0.25, -0.2) is 0 Å². The zero-order chi connectivity index (χ0) is 19.1. The molecule has 0 aromatic heterocycles. The van der Waals surface area contributed by atoms with E-state index in [-0.39, 0.29) is 5.91 Å². The third-order valence-electron chi connectivity index (χ3n) is 5.01. The van der Waals surface area contributed by atoms with Crippen molar-refractivity contribution in [3.63, 3.8) is 0 Å². The molecule has 1 saturated heterocycles. The SMILES string of the molecule is COc1cccc(N2CCN(Cc3ccc(CCNC(C)=O)cc3)CC2)c1. The minimum absolute atomic E-state index is 0.0275. The van der Waals surface area contributed by atoms with E-state index in [1.54, 1.807) is 14.0 Å². The lowest BCUT2D eigenvalue weighted by Crippen LogP contribution is -2.45. The van der Waals surface area contributed by atoms with Crippen molar-refractivity contribution in [1.29, 1.82) is 0 Å². The Morgan fingerprint density at radius 1 is 1.04 bits per heavy atom. The van der Waals surface area contributed by atoms with Crippen molar-refractivity contribution in [1.82, 2.24) is 10.2 Å². The summed E-state index contributed by atoms with van der Waals surface area (Å²) in [5, 5.41) is 2.84. The van der Waals surface area contributed by atoms with Gasteiger partial charge >= 0.3 is 0 Å². The molecule has 2 aromatic rings. The fourth-order valence-corrected chi connectivity index (χ4v) is 3.42. The van der Waals surface area contributed by atoms with Gasteiger partial charge in [0.2, 0.25) is 5.91 Å². The summed E-state index contributed by atoms with van der Waals surface area (Å²) < 4.78 is 5.33. The van der Waals surface area contributed by atoms with Crippen molar-refractivity contribution in [2.75, 3.05) is 44.7 Å². The predicted octanol–water partition coefficient (Wildman–Crippen LogP) is 2.70. The van der Waals surface area contributed by atoms with Crippen LogP contribution in [0.5, 0.6) is 5.75 Å². The minimum Gasteiger partial charge on any atom is -0.497 e. The van der Waals surface area contributed by atoms with E-state index in [9.17, 15) is 4.79 Å². The number of hydrogen-bond acceptors (Lipinski definition) is 4. The number of nitrogens with one attached hydrogen (secondary N) is 1. The van der Waals surface area contributed by atoms with Gasteiger partial charge in [0.1, 0.15) is 5.75 Å². The normalized spacial score (nSPS) is 14.8. The third-order valence-corrected chi connectivity index (χ3v) is 5.01. The van der Waals surface area contributed by atoms with E-state index in [1.165, 1.54) is 16.8 Å². The molecule has 0 saturated carbocycles. The number of amides is 1. The summed E-state index contributed by atoms with van der Waals surface area (Å²) in [6, 6.07) is 17.0. The molecule has 27 heavy (non-hydrogen) atoms. The highest BCUT2D eigenvalue weighted by Crippen LogP contribution is 2.22. The van der Waals surface area contributed by atoms with Crippen molar-refractivity contribution in [3.05, 3.63) is 59.7 Å². The first kappa shape index (κ1) is 19.2. The first-order valence-electron chi connectivity index (χ1n) is 9.57. The molecule has 0 radical (unpaired) electrons. The Labute approximate surface area is 161 Å². The fraction of sp³-hybridized carbons (Fsp3) is 0.409. The fourth-order valence-electron chi connectivity index (χ4n) is 3.42. The van der Waals surface area contributed by atoms with Gasteiger partial charge < -0.3 is 15.0 Å². The Morgan fingerprint density at radius 3 is 2.41 bits per heavy atom. The summed E-state index contributed by atoms with van der Waals surface area (Å²) in [4.78, 5) is 15.9. The average molecular weight is 367 g/mol. The smallest absolute Gasteiger partial charge is 0.216 e. The Bertz CT molecular complexity index is 737. The van der Waals surface area contributed by atoms with Crippen LogP contribution in [0.25, 0.3) is 0 Å². The number of methoxy groups -OCH3 is 1. The van der Waals surface area contributed by atoms with Gasteiger partial charge in [0.25, 0.3) is 0 Å². The summed E-state index contributed by atoms with van der Waals surface area (Å²) >= 11 is 0. The lowest BCUT2D eigenvalue weighted by Gasteiger charge is -2.36. The number of carbonyl (C=O) groups excluding carboxylic acids is 1. The van der Waals surface area contributed by atoms with Gasteiger partial charge in [-0.15, -0.1) is 0 Å². The molecule has 144 valence electrons. The van der Waals surface area contributed by atoms with Crippen LogP contribution in [0.1, 0.15) is 18.1 Å². The largest absolute Gasteiger partial charge is 0.497 e. The molecule has 5 heteroatoms. The summed E-state index contributed by atoms with van der Waals surface area (Å²) in [6.45, 7) is 7.41. The molecule has 1 aliphatic rings. The second-order valence-electron chi connectivity index (χ2n) is 7.01. The molecular formula is C22H29N3O2. The number of anilines is 1. The molecule has 5 nitrogen and oxygen atoms in total. The molecule has 1 amide bonds. The van der Waals surface area contributed by atoms with Gasteiger partial charge in [-0.2, -0.15) is 0 Å². The summed E-state index contributed by atoms with van der Waals surface area (Å²) in [5.41, 5.74) is 3.83. The number of carbonyl (C=O) groups is 1. The molecule has 3 rings (SSSR count). The lowest BCUT2D eigenvalue weighted by atomic mass is 10.1. The standard InChI is InChI=1S/C22H29N3O2/c1-18(26)23-11-10-19-6-8-20(9-7-19)17-24-12-14-25(15-13-24)21-4-3-5-22(16-21)27-2/h3-9,16H,10-15,17H2,1-2H3,(H,23,26). The average Bonchev–Trinajstić information content (AvgIpc) is 2.70. The Kier molecular flexibility index (Phi) is 6.71. The van der Waals surface area contributed by atoms with Crippen molar-refractivity contribution in [2.45, 2.75) is 19.9 Å². The molecular weight excluding hydrogens is 338 g/mol.